The SMILES string of the molecule is Cc1cccc(C(NN)c2ccoc2Br)c1. The van der Waals surface area contributed by atoms with E-state index in [1.807, 2.05) is 18.2 Å². The number of benzene rings is 1. The molecule has 16 heavy (non-hydrogen) atoms. The van der Waals surface area contributed by atoms with Crippen molar-refractivity contribution in [1.82, 2.24) is 5.43 Å². The molecule has 0 saturated carbocycles. The highest BCUT2D eigenvalue weighted by Gasteiger charge is 2.17. The molecule has 0 saturated heterocycles. The Bertz CT molecular complexity index is 481. The lowest BCUT2D eigenvalue weighted by atomic mass is 10.0. The van der Waals surface area contributed by atoms with Crippen LogP contribution in [0.25, 0.3) is 0 Å². The number of hydrogen-bond acceptors (Lipinski definition) is 3. The van der Waals surface area contributed by atoms with Crippen molar-refractivity contribution in [2.24, 2.45) is 5.84 Å². The zero-order valence-electron chi connectivity index (χ0n) is 8.91. The summed E-state index contributed by atoms with van der Waals surface area (Å²) in [6, 6.07) is 10.1. The number of furan rings is 1. The highest BCUT2D eigenvalue weighted by molar-refractivity contribution is 9.10. The van der Waals surface area contributed by atoms with Gasteiger partial charge in [0.15, 0.2) is 4.67 Å². The molecule has 1 aromatic carbocycles. The Balaban J connectivity index is 2.40. The highest BCUT2D eigenvalue weighted by Crippen LogP contribution is 2.29. The monoisotopic (exact) mass is 280 g/mol. The Hall–Kier alpha value is -1.10. The smallest absolute Gasteiger partial charge is 0.174 e. The van der Waals surface area contributed by atoms with E-state index in [0.717, 1.165) is 11.1 Å². The fourth-order valence-corrected chi connectivity index (χ4v) is 2.19. The van der Waals surface area contributed by atoms with Gasteiger partial charge in [-0.1, -0.05) is 29.8 Å². The second-order valence-corrected chi connectivity index (χ2v) is 4.38. The predicted molar refractivity (Wildman–Crippen MR) is 66.8 cm³/mol. The molecule has 3 N–H and O–H groups in total. The molecule has 3 nitrogen and oxygen atoms in total. The Morgan fingerprint density at radius 2 is 2.19 bits per heavy atom. The van der Waals surface area contributed by atoms with Gasteiger partial charge in [0.25, 0.3) is 0 Å². The third-order valence-corrected chi connectivity index (χ3v) is 3.14. The minimum atomic E-state index is -0.0620. The topological polar surface area (TPSA) is 51.2 Å². The van der Waals surface area contributed by atoms with Gasteiger partial charge in [-0.2, -0.15) is 0 Å². The summed E-state index contributed by atoms with van der Waals surface area (Å²) in [6.45, 7) is 2.06. The third kappa shape index (κ3) is 2.19. The molecule has 1 heterocycles. The largest absolute Gasteiger partial charge is 0.457 e. The number of nitrogens with two attached hydrogens (primary N) is 1. The summed E-state index contributed by atoms with van der Waals surface area (Å²) >= 11 is 3.36. The van der Waals surface area contributed by atoms with Crippen LogP contribution in [0.3, 0.4) is 0 Å². The van der Waals surface area contributed by atoms with Crippen LogP contribution in [0.2, 0.25) is 0 Å². The lowest BCUT2D eigenvalue weighted by Gasteiger charge is -2.15. The summed E-state index contributed by atoms with van der Waals surface area (Å²) in [5, 5.41) is 0. The van der Waals surface area contributed by atoms with Crippen LogP contribution in [0.5, 0.6) is 0 Å². The van der Waals surface area contributed by atoms with Gasteiger partial charge < -0.3 is 4.42 Å². The van der Waals surface area contributed by atoms with Crippen molar-refractivity contribution in [3.63, 3.8) is 0 Å². The van der Waals surface area contributed by atoms with Crippen LogP contribution in [-0.4, -0.2) is 0 Å². The van der Waals surface area contributed by atoms with E-state index in [2.05, 4.69) is 40.4 Å². The van der Waals surface area contributed by atoms with Gasteiger partial charge in [0.2, 0.25) is 0 Å². The van der Waals surface area contributed by atoms with Gasteiger partial charge >= 0.3 is 0 Å². The lowest BCUT2D eigenvalue weighted by molar-refractivity contribution is 0.526. The molecule has 1 unspecified atom stereocenters. The van der Waals surface area contributed by atoms with Crippen molar-refractivity contribution in [2.75, 3.05) is 0 Å². The Labute approximate surface area is 103 Å². The molecule has 2 rings (SSSR count). The standard InChI is InChI=1S/C12H13BrN2O/c1-8-3-2-4-9(7-8)11(15-14)10-5-6-16-12(10)13/h2-7,11,15H,14H2,1H3. The molecule has 0 aliphatic heterocycles. The molecule has 0 spiro atoms. The fraction of sp³-hybridized carbons (Fsp3) is 0.167. The summed E-state index contributed by atoms with van der Waals surface area (Å²) in [6.07, 6.45) is 1.64. The summed E-state index contributed by atoms with van der Waals surface area (Å²) in [5.41, 5.74) is 6.11. The number of nitrogens with one attached hydrogen (secondary N) is 1. The summed E-state index contributed by atoms with van der Waals surface area (Å²) in [4.78, 5) is 0. The number of halogens is 1. The molecular weight excluding hydrogens is 268 g/mol. The van der Waals surface area contributed by atoms with Crippen LogP contribution in [0.4, 0.5) is 0 Å². The average Bonchev–Trinajstić information content (AvgIpc) is 2.67. The van der Waals surface area contributed by atoms with Gasteiger partial charge in [0, 0.05) is 5.56 Å². The molecule has 0 fully saturated rings. The van der Waals surface area contributed by atoms with Crippen LogP contribution in [0.15, 0.2) is 45.7 Å². The normalized spacial score (nSPS) is 12.7. The number of hydrogen-bond donors (Lipinski definition) is 2. The van der Waals surface area contributed by atoms with E-state index >= 15 is 0 Å². The molecule has 84 valence electrons. The van der Waals surface area contributed by atoms with Crippen molar-refractivity contribution in [1.29, 1.82) is 0 Å². The summed E-state index contributed by atoms with van der Waals surface area (Å²) in [5.74, 6) is 5.60. The first-order chi connectivity index (χ1) is 7.72. The summed E-state index contributed by atoms with van der Waals surface area (Å²) < 4.78 is 5.93. The van der Waals surface area contributed by atoms with Crippen LogP contribution in [0.1, 0.15) is 22.7 Å². The van der Waals surface area contributed by atoms with Gasteiger partial charge in [-0.15, -0.1) is 0 Å². The van der Waals surface area contributed by atoms with E-state index in [4.69, 9.17) is 10.3 Å². The first-order valence-corrected chi connectivity index (χ1v) is 5.77. The Morgan fingerprint density at radius 3 is 2.75 bits per heavy atom. The van der Waals surface area contributed by atoms with Crippen molar-refractivity contribution in [3.8, 4) is 0 Å². The van der Waals surface area contributed by atoms with Crippen LogP contribution in [-0.2, 0) is 0 Å². The number of hydrazine groups is 1. The zero-order valence-corrected chi connectivity index (χ0v) is 10.5. The van der Waals surface area contributed by atoms with Crippen LogP contribution >= 0.6 is 15.9 Å². The van der Waals surface area contributed by atoms with E-state index in [9.17, 15) is 0 Å². The van der Waals surface area contributed by atoms with Crippen molar-refractivity contribution in [2.45, 2.75) is 13.0 Å². The Kier molecular flexibility index (Phi) is 3.43. The first-order valence-electron chi connectivity index (χ1n) is 4.98. The molecule has 1 atom stereocenters. The van der Waals surface area contributed by atoms with Gasteiger partial charge in [0.05, 0.1) is 12.3 Å². The molecule has 0 bridgehead atoms. The zero-order chi connectivity index (χ0) is 11.5. The molecule has 0 radical (unpaired) electrons. The second kappa shape index (κ2) is 4.82. The fourth-order valence-electron chi connectivity index (χ4n) is 1.73. The minimum Gasteiger partial charge on any atom is -0.457 e. The maximum atomic E-state index is 5.60. The van der Waals surface area contributed by atoms with Crippen LogP contribution in [0, 0.1) is 6.92 Å². The highest BCUT2D eigenvalue weighted by atomic mass is 79.9. The molecule has 1 aromatic heterocycles. The predicted octanol–water partition coefficient (Wildman–Crippen LogP) is 2.90. The van der Waals surface area contributed by atoms with Crippen molar-refractivity contribution < 1.29 is 4.42 Å². The van der Waals surface area contributed by atoms with Crippen LogP contribution < -0.4 is 11.3 Å². The number of aryl methyl sites for hydroxylation is 1. The quantitative estimate of drug-likeness (QED) is 0.672. The lowest BCUT2D eigenvalue weighted by Crippen LogP contribution is -2.28. The van der Waals surface area contributed by atoms with E-state index in [0.29, 0.717) is 4.67 Å². The van der Waals surface area contributed by atoms with Crippen molar-refractivity contribution >= 4 is 15.9 Å². The number of rotatable bonds is 3. The Morgan fingerprint density at radius 1 is 1.38 bits per heavy atom. The maximum Gasteiger partial charge on any atom is 0.174 e. The van der Waals surface area contributed by atoms with Gasteiger partial charge in [-0.3, -0.25) is 5.84 Å². The molecule has 4 heteroatoms. The van der Waals surface area contributed by atoms with E-state index in [-0.39, 0.29) is 6.04 Å². The molecule has 0 aliphatic rings. The van der Waals surface area contributed by atoms with E-state index in [1.165, 1.54) is 5.56 Å². The van der Waals surface area contributed by atoms with Gasteiger partial charge in [-0.05, 0) is 34.5 Å². The van der Waals surface area contributed by atoms with E-state index in [1.54, 1.807) is 6.26 Å². The first kappa shape index (κ1) is 11.4. The average molecular weight is 281 g/mol. The minimum absolute atomic E-state index is 0.0620. The molecule has 2 aromatic rings. The molecule has 0 amide bonds. The maximum absolute atomic E-state index is 5.60. The second-order valence-electron chi connectivity index (χ2n) is 3.66. The third-order valence-electron chi connectivity index (χ3n) is 2.50. The molecule has 0 aliphatic carbocycles. The summed E-state index contributed by atoms with van der Waals surface area (Å²) in [7, 11) is 0. The molecular formula is C12H13BrN2O. The van der Waals surface area contributed by atoms with Gasteiger partial charge in [-0.25, -0.2) is 5.43 Å². The van der Waals surface area contributed by atoms with E-state index < -0.39 is 0 Å². The van der Waals surface area contributed by atoms with Crippen molar-refractivity contribution in [3.05, 3.63) is 58.0 Å². The van der Waals surface area contributed by atoms with Gasteiger partial charge in [0.1, 0.15) is 0 Å².